The Labute approximate surface area is 242 Å². The molecular formula is C28H23FIN3O7. The molecule has 0 spiro atoms. The van der Waals surface area contributed by atoms with E-state index in [1.54, 1.807) is 31.2 Å². The molecule has 2 N–H and O–H groups in total. The summed E-state index contributed by atoms with van der Waals surface area (Å²) >= 11 is 1.98. The SMILES string of the molecule is CCOc1cc(/C=C2\C(=O)NC(=O)N(c3ccc(OC)cc3)C2=O)cc(I)c1OCC(=O)Nc1ccc(F)cc1. The highest BCUT2D eigenvalue weighted by Gasteiger charge is 2.37. The number of nitrogens with zero attached hydrogens (tertiary/aromatic N) is 1. The van der Waals surface area contributed by atoms with E-state index in [0.29, 0.717) is 20.6 Å². The number of anilines is 2. The largest absolute Gasteiger partial charge is 0.497 e. The monoisotopic (exact) mass is 659 g/mol. The van der Waals surface area contributed by atoms with Gasteiger partial charge in [0.25, 0.3) is 17.7 Å². The number of barbiturate groups is 1. The van der Waals surface area contributed by atoms with Gasteiger partial charge in [-0.05, 0) is 102 Å². The van der Waals surface area contributed by atoms with Crippen LogP contribution in [-0.2, 0) is 14.4 Å². The second-order valence-electron chi connectivity index (χ2n) is 8.26. The van der Waals surface area contributed by atoms with Crippen LogP contribution < -0.4 is 29.7 Å². The Morgan fingerprint density at radius 2 is 1.75 bits per heavy atom. The first-order valence-corrected chi connectivity index (χ1v) is 13.0. The zero-order valence-electron chi connectivity index (χ0n) is 21.3. The van der Waals surface area contributed by atoms with E-state index in [1.807, 2.05) is 22.6 Å². The number of rotatable bonds is 9. The van der Waals surface area contributed by atoms with Crippen molar-refractivity contribution in [3.63, 3.8) is 0 Å². The number of amides is 5. The van der Waals surface area contributed by atoms with Gasteiger partial charge in [-0.1, -0.05) is 0 Å². The lowest BCUT2D eigenvalue weighted by molar-refractivity contribution is -0.122. The summed E-state index contributed by atoms with van der Waals surface area (Å²) in [7, 11) is 1.49. The molecule has 10 nitrogen and oxygen atoms in total. The molecule has 12 heteroatoms. The van der Waals surface area contributed by atoms with Crippen LogP contribution in [0.3, 0.4) is 0 Å². The van der Waals surface area contributed by atoms with E-state index in [-0.39, 0.29) is 36.0 Å². The molecule has 0 saturated carbocycles. The van der Waals surface area contributed by atoms with Crippen molar-refractivity contribution in [2.75, 3.05) is 30.5 Å². The van der Waals surface area contributed by atoms with Crippen LogP contribution in [0.25, 0.3) is 6.08 Å². The summed E-state index contributed by atoms with van der Waals surface area (Å²) in [6.07, 6.45) is 1.34. The maximum Gasteiger partial charge on any atom is 0.335 e. The lowest BCUT2D eigenvalue weighted by Crippen LogP contribution is -2.54. The van der Waals surface area contributed by atoms with Crippen LogP contribution in [0.2, 0.25) is 0 Å². The zero-order chi connectivity index (χ0) is 28.8. The Morgan fingerprint density at radius 1 is 1.05 bits per heavy atom. The highest BCUT2D eigenvalue weighted by molar-refractivity contribution is 14.1. The number of ether oxygens (including phenoxy) is 3. The van der Waals surface area contributed by atoms with Crippen LogP contribution in [0.4, 0.5) is 20.6 Å². The summed E-state index contributed by atoms with van der Waals surface area (Å²) in [5, 5.41) is 4.79. The van der Waals surface area contributed by atoms with Crippen LogP contribution in [0, 0.1) is 9.39 Å². The minimum absolute atomic E-state index is 0.258. The molecule has 4 rings (SSSR count). The van der Waals surface area contributed by atoms with Gasteiger partial charge < -0.3 is 19.5 Å². The Kier molecular flexibility index (Phi) is 8.99. The van der Waals surface area contributed by atoms with E-state index in [2.05, 4.69) is 10.6 Å². The molecular weight excluding hydrogens is 636 g/mol. The molecule has 0 atom stereocenters. The molecule has 0 radical (unpaired) electrons. The summed E-state index contributed by atoms with van der Waals surface area (Å²) in [4.78, 5) is 51.6. The number of carbonyl (C=O) groups is 4. The quantitative estimate of drug-likeness (QED) is 0.197. The van der Waals surface area contributed by atoms with Gasteiger partial charge in [0.15, 0.2) is 18.1 Å². The van der Waals surface area contributed by atoms with Crippen molar-refractivity contribution < 1.29 is 37.8 Å². The predicted octanol–water partition coefficient (Wildman–Crippen LogP) is 4.52. The van der Waals surface area contributed by atoms with Crippen molar-refractivity contribution in [2.24, 2.45) is 0 Å². The van der Waals surface area contributed by atoms with Gasteiger partial charge in [0.05, 0.1) is 23.0 Å². The highest BCUT2D eigenvalue weighted by Crippen LogP contribution is 2.35. The lowest BCUT2D eigenvalue weighted by atomic mass is 10.1. The first-order chi connectivity index (χ1) is 19.2. The van der Waals surface area contributed by atoms with E-state index < -0.39 is 29.6 Å². The molecule has 1 saturated heterocycles. The molecule has 206 valence electrons. The fourth-order valence-corrected chi connectivity index (χ4v) is 4.51. The molecule has 3 aromatic rings. The fraction of sp³-hybridized carbons (Fsp3) is 0.143. The van der Waals surface area contributed by atoms with Crippen LogP contribution in [0.5, 0.6) is 17.2 Å². The third-order valence-corrected chi connectivity index (χ3v) is 6.35. The van der Waals surface area contributed by atoms with E-state index in [0.717, 1.165) is 4.90 Å². The second kappa shape index (κ2) is 12.6. The van der Waals surface area contributed by atoms with Crippen molar-refractivity contribution in [1.29, 1.82) is 0 Å². The number of imide groups is 2. The van der Waals surface area contributed by atoms with Crippen LogP contribution in [-0.4, -0.2) is 44.1 Å². The van der Waals surface area contributed by atoms with E-state index in [9.17, 15) is 23.6 Å². The molecule has 0 aliphatic carbocycles. The van der Waals surface area contributed by atoms with Crippen LogP contribution >= 0.6 is 22.6 Å². The van der Waals surface area contributed by atoms with E-state index in [4.69, 9.17) is 14.2 Å². The third-order valence-electron chi connectivity index (χ3n) is 5.55. The molecule has 3 aromatic carbocycles. The first kappa shape index (κ1) is 28.5. The minimum Gasteiger partial charge on any atom is -0.497 e. The number of benzene rings is 3. The number of carbonyl (C=O) groups excluding carboxylic acids is 4. The van der Waals surface area contributed by atoms with Gasteiger partial charge in [-0.3, -0.25) is 19.7 Å². The fourth-order valence-electron chi connectivity index (χ4n) is 3.73. The first-order valence-electron chi connectivity index (χ1n) is 11.9. The Balaban J connectivity index is 1.57. The number of hydrogen-bond donors (Lipinski definition) is 2. The molecule has 0 unspecified atom stereocenters. The van der Waals surface area contributed by atoms with Crippen molar-refractivity contribution >= 4 is 63.8 Å². The minimum atomic E-state index is -0.871. The Bertz CT molecular complexity index is 1490. The van der Waals surface area contributed by atoms with Gasteiger partial charge in [-0.15, -0.1) is 0 Å². The Hall–Kier alpha value is -4.46. The van der Waals surface area contributed by atoms with Gasteiger partial charge in [0.2, 0.25) is 0 Å². The summed E-state index contributed by atoms with van der Waals surface area (Å²) in [6, 6.07) is 13.9. The Morgan fingerprint density at radius 3 is 2.40 bits per heavy atom. The van der Waals surface area contributed by atoms with Crippen molar-refractivity contribution in [1.82, 2.24) is 5.32 Å². The van der Waals surface area contributed by atoms with Crippen LogP contribution in [0.1, 0.15) is 12.5 Å². The summed E-state index contributed by atoms with van der Waals surface area (Å²) in [6.45, 7) is 1.68. The van der Waals surface area contributed by atoms with Gasteiger partial charge in [-0.25, -0.2) is 14.1 Å². The average Bonchev–Trinajstić information content (AvgIpc) is 2.92. The summed E-state index contributed by atoms with van der Waals surface area (Å²) in [5.74, 6) is -1.43. The van der Waals surface area contributed by atoms with Gasteiger partial charge >= 0.3 is 6.03 Å². The second-order valence-corrected chi connectivity index (χ2v) is 9.42. The van der Waals surface area contributed by atoms with Crippen molar-refractivity contribution in [3.05, 3.63) is 81.2 Å². The third kappa shape index (κ3) is 6.57. The number of halogens is 2. The zero-order valence-corrected chi connectivity index (χ0v) is 23.5. The average molecular weight is 659 g/mol. The van der Waals surface area contributed by atoms with Crippen molar-refractivity contribution in [3.8, 4) is 17.2 Å². The maximum absolute atomic E-state index is 13.2. The summed E-state index contributed by atoms with van der Waals surface area (Å²) < 4.78 is 30.2. The van der Waals surface area contributed by atoms with Gasteiger partial charge in [0.1, 0.15) is 17.1 Å². The number of urea groups is 1. The normalized spacial score (nSPS) is 14.2. The van der Waals surface area contributed by atoms with Crippen LogP contribution in [0.15, 0.2) is 66.2 Å². The standard InChI is InChI=1S/C28H23FIN3O7/c1-3-39-23-14-16(13-22(30)25(23)40-15-24(34)31-18-6-4-17(29)5-7-18)12-21-26(35)32-28(37)33(27(21)36)19-8-10-20(38-2)11-9-19/h4-14H,3,15H2,1-2H3,(H,31,34)(H,32,35,37)/b21-12+. The van der Waals surface area contributed by atoms with Gasteiger partial charge in [-0.2, -0.15) is 0 Å². The maximum atomic E-state index is 13.2. The molecule has 0 aromatic heterocycles. The molecule has 1 aliphatic rings. The molecule has 0 bridgehead atoms. The molecule has 5 amide bonds. The number of hydrogen-bond acceptors (Lipinski definition) is 7. The summed E-state index contributed by atoms with van der Waals surface area (Å²) in [5.41, 5.74) is 0.836. The number of methoxy groups -OCH3 is 1. The molecule has 1 fully saturated rings. The predicted molar refractivity (Wildman–Crippen MR) is 153 cm³/mol. The van der Waals surface area contributed by atoms with E-state index >= 15 is 0 Å². The smallest absolute Gasteiger partial charge is 0.335 e. The highest BCUT2D eigenvalue weighted by atomic mass is 127. The van der Waals surface area contributed by atoms with Gasteiger partial charge in [0, 0.05) is 5.69 Å². The molecule has 1 heterocycles. The van der Waals surface area contributed by atoms with E-state index in [1.165, 1.54) is 49.6 Å². The molecule has 40 heavy (non-hydrogen) atoms. The van der Waals surface area contributed by atoms with Crippen molar-refractivity contribution in [2.45, 2.75) is 6.92 Å². The number of nitrogens with one attached hydrogen (secondary N) is 2. The molecule has 1 aliphatic heterocycles. The topological polar surface area (TPSA) is 123 Å². The lowest BCUT2D eigenvalue weighted by Gasteiger charge is -2.26.